The minimum atomic E-state index is -0.606. The van der Waals surface area contributed by atoms with Crippen LogP contribution < -0.4 is 15.0 Å². The molecule has 11 nitrogen and oxygen atoms in total. The minimum Gasteiger partial charge on any atom is -0.493 e. The predicted molar refractivity (Wildman–Crippen MR) is 125 cm³/mol. The Morgan fingerprint density at radius 3 is 2.71 bits per heavy atom. The van der Waals surface area contributed by atoms with E-state index >= 15 is 0 Å². The Hall–Kier alpha value is -3.80. The Labute approximate surface area is 198 Å². The molecule has 0 bridgehead atoms. The zero-order valence-electron chi connectivity index (χ0n) is 19.0. The second-order valence-electron chi connectivity index (χ2n) is 7.25. The van der Waals surface area contributed by atoms with Crippen molar-refractivity contribution in [3.63, 3.8) is 0 Å². The molecule has 1 atom stereocenters. The van der Waals surface area contributed by atoms with E-state index in [1.807, 2.05) is 6.26 Å². The Bertz CT molecular complexity index is 1330. The molecule has 34 heavy (non-hydrogen) atoms. The minimum absolute atomic E-state index is 0.159. The van der Waals surface area contributed by atoms with Crippen LogP contribution in [0.5, 0.6) is 11.5 Å². The molecule has 1 aromatic heterocycles. The van der Waals surface area contributed by atoms with Gasteiger partial charge in [0.25, 0.3) is 5.56 Å². The predicted octanol–water partition coefficient (Wildman–Crippen LogP) is 2.87. The van der Waals surface area contributed by atoms with E-state index in [2.05, 4.69) is 20.3 Å². The highest BCUT2D eigenvalue weighted by molar-refractivity contribution is 7.98. The number of aromatic nitrogens is 5. The standard InChI is InChI=1S/C22H23N5O6S/c1-30-16-6-5-12(9-17(16)31-2)19-23-21(33-26-19)15(7-8-34-4)27-10-13-18(24-25-20(13)28)14(11-27)22(29)32-3/h5-6,9-11,15H,7-8H2,1-4H3,(H,25,28). The van der Waals surface area contributed by atoms with Gasteiger partial charge in [-0.15, -0.1) is 0 Å². The summed E-state index contributed by atoms with van der Waals surface area (Å²) >= 11 is 1.65. The fourth-order valence-corrected chi connectivity index (χ4v) is 4.05. The quantitative estimate of drug-likeness (QED) is 0.353. The maximum Gasteiger partial charge on any atom is 0.341 e. The lowest BCUT2D eigenvalue weighted by Gasteiger charge is -2.19. The lowest BCUT2D eigenvalue weighted by atomic mass is 10.1. The van der Waals surface area contributed by atoms with E-state index in [-0.39, 0.29) is 16.8 Å². The van der Waals surface area contributed by atoms with E-state index in [1.54, 1.807) is 61.1 Å². The number of aromatic amines is 1. The van der Waals surface area contributed by atoms with Crippen molar-refractivity contribution in [3.8, 4) is 34.1 Å². The number of hydrogen-bond donors (Lipinski definition) is 1. The van der Waals surface area contributed by atoms with Crippen molar-refractivity contribution in [2.45, 2.75) is 12.5 Å². The van der Waals surface area contributed by atoms with Crippen LogP contribution in [0.15, 0.2) is 39.9 Å². The van der Waals surface area contributed by atoms with Crippen molar-refractivity contribution in [2.24, 2.45) is 0 Å². The topological polar surface area (TPSA) is 134 Å². The molecule has 4 rings (SSSR count). The van der Waals surface area contributed by atoms with E-state index in [0.717, 1.165) is 5.75 Å². The number of nitrogens with zero attached hydrogens (tertiary/aromatic N) is 4. The zero-order chi connectivity index (χ0) is 24.2. The summed E-state index contributed by atoms with van der Waals surface area (Å²) in [5, 5.41) is 10.5. The number of ether oxygens (including phenoxy) is 3. The van der Waals surface area contributed by atoms with Gasteiger partial charge in [-0.3, -0.25) is 4.79 Å². The monoisotopic (exact) mass is 485 g/mol. The van der Waals surface area contributed by atoms with Crippen LogP contribution in [0.2, 0.25) is 0 Å². The molecule has 3 heterocycles. The molecular weight excluding hydrogens is 462 g/mol. The molecular formula is C22H23N5O6S. The Morgan fingerprint density at radius 2 is 2.00 bits per heavy atom. The van der Waals surface area contributed by atoms with Gasteiger partial charge in [-0.05, 0) is 36.6 Å². The van der Waals surface area contributed by atoms with E-state index in [0.29, 0.717) is 35.2 Å². The number of methoxy groups -OCH3 is 3. The average Bonchev–Trinajstić information content (AvgIpc) is 3.50. The number of carbonyl (C=O) groups excluding carboxylic acids is 1. The number of rotatable bonds is 9. The molecule has 0 radical (unpaired) electrons. The Morgan fingerprint density at radius 1 is 1.21 bits per heavy atom. The molecule has 0 fully saturated rings. The first-order valence-corrected chi connectivity index (χ1v) is 11.6. The van der Waals surface area contributed by atoms with Crippen molar-refractivity contribution in [1.29, 1.82) is 0 Å². The number of fused-ring (bicyclic) bond motifs is 1. The number of benzene rings is 1. The number of esters is 1. The maximum absolute atomic E-state index is 12.4. The molecule has 0 amide bonds. The van der Waals surface area contributed by atoms with Crippen LogP contribution in [0, 0.1) is 0 Å². The van der Waals surface area contributed by atoms with Gasteiger partial charge in [0, 0.05) is 18.0 Å². The number of hydrogen-bond acceptors (Lipinski definition) is 10. The van der Waals surface area contributed by atoms with Crippen LogP contribution in [0.1, 0.15) is 28.7 Å². The molecule has 2 aliphatic rings. The summed E-state index contributed by atoms with van der Waals surface area (Å²) in [6.45, 7) is 0. The Kier molecular flexibility index (Phi) is 6.87. The van der Waals surface area contributed by atoms with E-state index in [1.165, 1.54) is 7.11 Å². The maximum atomic E-state index is 12.4. The second kappa shape index (κ2) is 10.00. The molecule has 0 spiro atoms. The smallest absolute Gasteiger partial charge is 0.341 e. The van der Waals surface area contributed by atoms with Crippen LogP contribution in [0.4, 0.5) is 0 Å². The highest BCUT2D eigenvalue weighted by Crippen LogP contribution is 2.33. The van der Waals surface area contributed by atoms with Gasteiger partial charge >= 0.3 is 5.97 Å². The zero-order valence-corrected chi connectivity index (χ0v) is 19.8. The van der Waals surface area contributed by atoms with Gasteiger partial charge in [0.2, 0.25) is 11.7 Å². The van der Waals surface area contributed by atoms with Crippen LogP contribution in [0.3, 0.4) is 0 Å². The van der Waals surface area contributed by atoms with Crippen LogP contribution in [-0.2, 0) is 4.74 Å². The van der Waals surface area contributed by atoms with Crippen molar-refractivity contribution in [3.05, 3.63) is 52.4 Å². The summed E-state index contributed by atoms with van der Waals surface area (Å²) in [5.41, 5.74) is 0.940. The van der Waals surface area contributed by atoms with Crippen LogP contribution in [-0.4, -0.2) is 64.2 Å². The normalized spacial score (nSPS) is 12.0. The summed E-state index contributed by atoms with van der Waals surface area (Å²) in [4.78, 5) is 29.3. The third-order valence-corrected chi connectivity index (χ3v) is 5.95. The lowest BCUT2D eigenvalue weighted by Crippen LogP contribution is -2.17. The SMILES string of the molecule is COC(=O)c1cn(C(CCSC)c2nc(-c3ccc(OC)c(OC)c3)no2)cc2c(=O)[nH]nc1-2. The fraction of sp³-hybridized carbons (Fsp3) is 0.318. The van der Waals surface area contributed by atoms with E-state index in [4.69, 9.17) is 18.7 Å². The Balaban J connectivity index is 1.79. The van der Waals surface area contributed by atoms with Gasteiger partial charge in [0.05, 0.1) is 26.9 Å². The van der Waals surface area contributed by atoms with Gasteiger partial charge in [-0.25, -0.2) is 9.89 Å². The molecule has 1 N–H and O–H groups in total. The third-order valence-electron chi connectivity index (χ3n) is 5.31. The summed E-state index contributed by atoms with van der Waals surface area (Å²) in [6, 6.07) is 4.89. The molecule has 0 aliphatic carbocycles. The number of pyridine rings is 1. The van der Waals surface area contributed by atoms with Crippen molar-refractivity contribution >= 4 is 17.7 Å². The molecule has 2 aromatic rings. The average molecular weight is 486 g/mol. The van der Waals surface area contributed by atoms with Crippen molar-refractivity contribution < 1.29 is 23.5 Å². The van der Waals surface area contributed by atoms with Crippen molar-refractivity contribution in [2.75, 3.05) is 33.3 Å². The lowest BCUT2D eigenvalue weighted by molar-refractivity contribution is 0.0600. The molecule has 0 saturated heterocycles. The second-order valence-corrected chi connectivity index (χ2v) is 8.23. The third kappa shape index (κ3) is 4.36. The summed E-state index contributed by atoms with van der Waals surface area (Å²) in [7, 11) is 4.38. The molecule has 12 heteroatoms. The number of thioether (sulfide) groups is 1. The van der Waals surface area contributed by atoms with Gasteiger partial charge in [-0.1, -0.05) is 5.16 Å². The van der Waals surface area contributed by atoms with Gasteiger partial charge in [-0.2, -0.15) is 21.8 Å². The molecule has 1 unspecified atom stereocenters. The summed E-state index contributed by atoms with van der Waals surface area (Å²) in [6.07, 6.45) is 5.80. The van der Waals surface area contributed by atoms with Gasteiger partial charge in [0.1, 0.15) is 17.3 Å². The molecule has 178 valence electrons. The van der Waals surface area contributed by atoms with E-state index in [9.17, 15) is 9.59 Å². The van der Waals surface area contributed by atoms with Crippen LogP contribution in [0.25, 0.3) is 22.6 Å². The highest BCUT2D eigenvalue weighted by Gasteiger charge is 2.27. The fourth-order valence-electron chi connectivity index (χ4n) is 3.59. The summed E-state index contributed by atoms with van der Waals surface area (Å²) in [5.74, 6) is 1.98. The van der Waals surface area contributed by atoms with Gasteiger partial charge < -0.3 is 23.3 Å². The first-order chi connectivity index (χ1) is 16.5. The number of carbonyl (C=O) groups is 1. The molecule has 1 aromatic carbocycles. The summed E-state index contributed by atoms with van der Waals surface area (Å²) < 4.78 is 22.9. The largest absolute Gasteiger partial charge is 0.493 e. The molecule has 2 aliphatic heterocycles. The van der Waals surface area contributed by atoms with Crippen molar-refractivity contribution in [1.82, 2.24) is 24.9 Å². The first-order valence-electron chi connectivity index (χ1n) is 10.2. The van der Waals surface area contributed by atoms with E-state index < -0.39 is 17.6 Å². The molecule has 0 saturated carbocycles. The number of H-pyrrole nitrogens is 1. The van der Waals surface area contributed by atoms with Crippen LogP contribution >= 0.6 is 11.8 Å². The first kappa shape index (κ1) is 23.4. The number of nitrogens with one attached hydrogen (secondary N) is 1. The highest BCUT2D eigenvalue weighted by atomic mass is 32.2. The van der Waals surface area contributed by atoms with Gasteiger partial charge in [0.15, 0.2) is 11.5 Å².